The third kappa shape index (κ3) is 2.04. The Morgan fingerprint density at radius 3 is 2.53 bits per heavy atom. The Hall–Kier alpha value is -2.39. The van der Waals surface area contributed by atoms with Crippen LogP contribution in [0.15, 0.2) is 60.9 Å². The number of phenols is 1. The number of hydrogen-bond donors (Lipinski definition) is 2. The Balaban J connectivity index is 2.18. The first-order valence-corrected chi connectivity index (χ1v) is 6.13. The number of benzene rings is 2. The predicted octanol–water partition coefficient (Wildman–Crippen LogP) is 2.99. The van der Waals surface area contributed by atoms with E-state index in [0.29, 0.717) is 0 Å². The number of aromatic hydroxyl groups is 1. The molecule has 3 rings (SSSR count). The Morgan fingerprint density at radius 2 is 1.74 bits per heavy atom. The van der Waals surface area contributed by atoms with Gasteiger partial charge >= 0.3 is 0 Å². The van der Waals surface area contributed by atoms with Crippen molar-refractivity contribution < 1.29 is 5.11 Å². The molecule has 1 unspecified atom stereocenters. The van der Waals surface area contributed by atoms with Crippen LogP contribution in [0.4, 0.5) is 0 Å². The van der Waals surface area contributed by atoms with Gasteiger partial charge in [-0.25, -0.2) is 0 Å². The second-order valence-electron chi connectivity index (χ2n) is 4.48. The highest BCUT2D eigenvalue weighted by Gasteiger charge is 2.13. The van der Waals surface area contributed by atoms with Crippen molar-refractivity contribution in [2.45, 2.75) is 6.04 Å². The van der Waals surface area contributed by atoms with E-state index in [1.807, 2.05) is 36.4 Å². The molecule has 0 spiro atoms. The fourth-order valence-electron chi connectivity index (χ4n) is 2.31. The zero-order chi connectivity index (χ0) is 13.2. The van der Waals surface area contributed by atoms with Gasteiger partial charge in [-0.1, -0.05) is 36.4 Å². The summed E-state index contributed by atoms with van der Waals surface area (Å²) in [5, 5.41) is 11.5. The minimum Gasteiger partial charge on any atom is -0.507 e. The zero-order valence-corrected chi connectivity index (χ0v) is 10.3. The highest BCUT2D eigenvalue weighted by molar-refractivity contribution is 5.90. The maximum absolute atomic E-state index is 9.88. The van der Waals surface area contributed by atoms with Gasteiger partial charge in [-0.05, 0) is 23.3 Å². The van der Waals surface area contributed by atoms with Crippen molar-refractivity contribution in [1.82, 2.24) is 4.98 Å². The summed E-state index contributed by atoms with van der Waals surface area (Å²) in [6.45, 7) is 0. The molecule has 3 N–H and O–H groups in total. The van der Waals surface area contributed by atoms with E-state index in [1.165, 1.54) is 0 Å². The predicted molar refractivity (Wildman–Crippen MR) is 75.9 cm³/mol. The first-order valence-electron chi connectivity index (χ1n) is 6.13. The molecule has 0 bridgehead atoms. The van der Waals surface area contributed by atoms with Crippen molar-refractivity contribution in [2.75, 3.05) is 0 Å². The molecule has 3 aromatic rings. The van der Waals surface area contributed by atoms with Gasteiger partial charge < -0.3 is 10.8 Å². The van der Waals surface area contributed by atoms with Gasteiger partial charge in [0.15, 0.2) is 0 Å². The minimum atomic E-state index is -0.228. The van der Waals surface area contributed by atoms with Crippen LogP contribution in [0.3, 0.4) is 0 Å². The second-order valence-corrected chi connectivity index (χ2v) is 4.48. The highest BCUT2D eigenvalue weighted by atomic mass is 16.3. The maximum Gasteiger partial charge on any atom is 0.123 e. The molecule has 94 valence electrons. The van der Waals surface area contributed by atoms with Crippen LogP contribution in [0.25, 0.3) is 10.8 Å². The SMILES string of the molecule is NC(c1ccccc1)c1ccc(O)c2ccncc12. The number of nitrogens with two attached hydrogens (primary N) is 1. The summed E-state index contributed by atoms with van der Waals surface area (Å²) in [5.74, 6) is 0.251. The number of hydrogen-bond acceptors (Lipinski definition) is 3. The number of fused-ring (bicyclic) bond motifs is 1. The molecule has 0 amide bonds. The third-order valence-electron chi connectivity index (χ3n) is 3.32. The van der Waals surface area contributed by atoms with Crippen molar-refractivity contribution >= 4 is 10.8 Å². The van der Waals surface area contributed by atoms with Crippen LogP contribution in [0.2, 0.25) is 0 Å². The summed E-state index contributed by atoms with van der Waals surface area (Å²) in [4.78, 5) is 4.12. The molecule has 0 aliphatic rings. The lowest BCUT2D eigenvalue weighted by molar-refractivity contribution is 0.481. The average Bonchev–Trinajstić information content (AvgIpc) is 2.48. The van der Waals surface area contributed by atoms with Crippen LogP contribution in [-0.4, -0.2) is 10.1 Å². The van der Waals surface area contributed by atoms with Gasteiger partial charge in [-0.3, -0.25) is 4.98 Å². The molecule has 19 heavy (non-hydrogen) atoms. The highest BCUT2D eigenvalue weighted by Crippen LogP contribution is 2.31. The van der Waals surface area contributed by atoms with Gasteiger partial charge in [0.05, 0.1) is 6.04 Å². The van der Waals surface area contributed by atoms with Crippen LogP contribution in [-0.2, 0) is 0 Å². The fourth-order valence-corrected chi connectivity index (χ4v) is 2.31. The van der Waals surface area contributed by atoms with Crippen LogP contribution in [0, 0.1) is 0 Å². The van der Waals surface area contributed by atoms with E-state index in [1.54, 1.807) is 24.5 Å². The van der Waals surface area contributed by atoms with Gasteiger partial charge in [0, 0.05) is 23.2 Å². The summed E-state index contributed by atoms with van der Waals surface area (Å²) >= 11 is 0. The van der Waals surface area contributed by atoms with Gasteiger partial charge in [0.25, 0.3) is 0 Å². The van der Waals surface area contributed by atoms with Crippen molar-refractivity contribution in [3.8, 4) is 5.75 Å². The van der Waals surface area contributed by atoms with E-state index in [4.69, 9.17) is 5.73 Å². The topological polar surface area (TPSA) is 59.1 Å². The third-order valence-corrected chi connectivity index (χ3v) is 3.32. The van der Waals surface area contributed by atoms with E-state index >= 15 is 0 Å². The molecule has 0 aliphatic carbocycles. The number of pyridine rings is 1. The van der Waals surface area contributed by atoms with Crippen LogP contribution in [0.1, 0.15) is 17.2 Å². The monoisotopic (exact) mass is 250 g/mol. The largest absolute Gasteiger partial charge is 0.507 e. The van der Waals surface area contributed by atoms with E-state index in [9.17, 15) is 5.11 Å². The van der Waals surface area contributed by atoms with E-state index in [0.717, 1.165) is 21.9 Å². The molecule has 0 saturated carbocycles. The Kier molecular flexibility index (Phi) is 2.89. The van der Waals surface area contributed by atoms with E-state index in [-0.39, 0.29) is 11.8 Å². The molecule has 0 radical (unpaired) electrons. The Bertz CT molecular complexity index is 710. The van der Waals surface area contributed by atoms with Crippen molar-refractivity contribution in [2.24, 2.45) is 5.73 Å². The maximum atomic E-state index is 9.88. The zero-order valence-electron chi connectivity index (χ0n) is 10.3. The molecular formula is C16H14N2O. The van der Waals surface area contributed by atoms with Gasteiger partial charge in [0.2, 0.25) is 0 Å². The summed E-state index contributed by atoms with van der Waals surface area (Å²) in [6.07, 6.45) is 3.41. The normalized spacial score (nSPS) is 12.5. The van der Waals surface area contributed by atoms with Crippen LogP contribution >= 0.6 is 0 Å². The lowest BCUT2D eigenvalue weighted by Crippen LogP contribution is -2.12. The summed E-state index contributed by atoms with van der Waals surface area (Å²) < 4.78 is 0. The standard InChI is InChI=1S/C16H14N2O/c17-16(11-4-2-1-3-5-11)13-6-7-15(19)12-8-9-18-10-14(12)13/h1-10,16,19H,17H2. The average molecular weight is 250 g/mol. The smallest absolute Gasteiger partial charge is 0.123 e. The van der Waals surface area contributed by atoms with Crippen LogP contribution in [0.5, 0.6) is 5.75 Å². The van der Waals surface area contributed by atoms with Crippen molar-refractivity contribution in [3.63, 3.8) is 0 Å². The summed E-state index contributed by atoms with van der Waals surface area (Å²) in [5.41, 5.74) is 8.33. The van der Waals surface area contributed by atoms with E-state index in [2.05, 4.69) is 4.98 Å². The van der Waals surface area contributed by atoms with Gasteiger partial charge in [-0.2, -0.15) is 0 Å². The lowest BCUT2D eigenvalue weighted by atomic mass is 9.95. The van der Waals surface area contributed by atoms with Gasteiger partial charge in [-0.15, -0.1) is 0 Å². The first kappa shape index (κ1) is 11.7. The summed E-state index contributed by atoms with van der Waals surface area (Å²) in [6, 6.07) is 15.0. The Morgan fingerprint density at radius 1 is 0.947 bits per heavy atom. The molecule has 3 heteroatoms. The number of aromatic nitrogens is 1. The number of rotatable bonds is 2. The second kappa shape index (κ2) is 4.71. The molecule has 1 aromatic heterocycles. The number of phenolic OH excluding ortho intramolecular Hbond substituents is 1. The molecular weight excluding hydrogens is 236 g/mol. The van der Waals surface area contributed by atoms with Crippen molar-refractivity contribution in [3.05, 3.63) is 72.1 Å². The molecule has 2 aromatic carbocycles. The van der Waals surface area contributed by atoms with Crippen LogP contribution < -0.4 is 5.73 Å². The molecule has 0 aliphatic heterocycles. The minimum absolute atomic E-state index is 0.228. The quantitative estimate of drug-likeness (QED) is 0.735. The molecule has 3 nitrogen and oxygen atoms in total. The lowest BCUT2D eigenvalue weighted by Gasteiger charge is -2.15. The van der Waals surface area contributed by atoms with Gasteiger partial charge in [0.1, 0.15) is 5.75 Å². The summed E-state index contributed by atoms with van der Waals surface area (Å²) in [7, 11) is 0. The number of nitrogens with zero attached hydrogens (tertiary/aromatic N) is 1. The van der Waals surface area contributed by atoms with E-state index < -0.39 is 0 Å². The fraction of sp³-hybridized carbons (Fsp3) is 0.0625. The Labute approximate surface area is 111 Å². The molecule has 1 atom stereocenters. The molecule has 0 saturated heterocycles. The molecule has 0 fully saturated rings. The first-order chi connectivity index (χ1) is 9.27. The van der Waals surface area contributed by atoms with Crippen molar-refractivity contribution in [1.29, 1.82) is 0 Å². The molecule has 1 heterocycles.